The zero-order valence-corrected chi connectivity index (χ0v) is 18.5. The van der Waals surface area contributed by atoms with E-state index in [0.717, 1.165) is 24.0 Å². The molecule has 2 aliphatic rings. The molecule has 1 unspecified atom stereocenters. The predicted molar refractivity (Wildman–Crippen MR) is 123 cm³/mol. The number of methoxy groups -OCH3 is 1. The maximum absolute atomic E-state index is 12.5. The molecule has 2 amide bonds. The van der Waals surface area contributed by atoms with Crippen LogP contribution in [0.15, 0.2) is 59.9 Å². The Labute approximate surface area is 192 Å². The Morgan fingerprint density at radius 3 is 2.52 bits per heavy atom. The van der Waals surface area contributed by atoms with Gasteiger partial charge in [0, 0.05) is 19.8 Å². The van der Waals surface area contributed by atoms with E-state index in [4.69, 9.17) is 20.9 Å². The van der Waals surface area contributed by atoms with E-state index in [1.54, 1.807) is 18.2 Å². The van der Waals surface area contributed by atoms with Gasteiger partial charge in [0.05, 0.1) is 30.3 Å². The summed E-state index contributed by atoms with van der Waals surface area (Å²) in [6.45, 7) is 1.66. The molecule has 1 atom stereocenters. The molecule has 9 heteroatoms. The lowest BCUT2D eigenvalue weighted by Crippen LogP contribution is -2.46. The highest BCUT2D eigenvalue weighted by atomic mass is 16.5. The van der Waals surface area contributed by atoms with Crippen LogP contribution in [0.5, 0.6) is 5.75 Å². The largest absolute Gasteiger partial charge is 0.496 e. The molecule has 0 bridgehead atoms. The summed E-state index contributed by atoms with van der Waals surface area (Å²) in [5.74, 6) is 0.128. The molecule has 2 aromatic rings. The van der Waals surface area contributed by atoms with Gasteiger partial charge >= 0.3 is 0 Å². The summed E-state index contributed by atoms with van der Waals surface area (Å²) >= 11 is 0. The SMILES string of the molecule is COc1ccccc1C(=O)NCc1ccc(C2NN(C3CCOCC3)C(N)=C2C(N)=O)cc1. The summed E-state index contributed by atoms with van der Waals surface area (Å²) in [5, 5.41) is 4.76. The molecule has 33 heavy (non-hydrogen) atoms. The van der Waals surface area contributed by atoms with Gasteiger partial charge in [-0.3, -0.25) is 14.6 Å². The summed E-state index contributed by atoms with van der Waals surface area (Å²) < 4.78 is 10.7. The summed E-state index contributed by atoms with van der Waals surface area (Å²) in [7, 11) is 1.53. The molecule has 0 aromatic heterocycles. The van der Waals surface area contributed by atoms with Crippen LogP contribution in [-0.4, -0.2) is 43.2 Å². The highest BCUT2D eigenvalue weighted by molar-refractivity contribution is 5.97. The highest BCUT2D eigenvalue weighted by Gasteiger charge is 2.37. The zero-order valence-electron chi connectivity index (χ0n) is 18.5. The molecule has 2 aromatic carbocycles. The number of hydrazine groups is 1. The fourth-order valence-corrected chi connectivity index (χ4v) is 4.24. The van der Waals surface area contributed by atoms with Crippen molar-refractivity contribution in [1.29, 1.82) is 0 Å². The number of ether oxygens (including phenoxy) is 2. The summed E-state index contributed by atoms with van der Waals surface area (Å²) in [5.41, 5.74) is 18.0. The molecule has 1 saturated heterocycles. The molecule has 174 valence electrons. The molecule has 2 aliphatic heterocycles. The minimum Gasteiger partial charge on any atom is -0.496 e. The van der Waals surface area contributed by atoms with Crippen molar-refractivity contribution in [3.63, 3.8) is 0 Å². The van der Waals surface area contributed by atoms with E-state index < -0.39 is 11.9 Å². The summed E-state index contributed by atoms with van der Waals surface area (Å²) in [6.07, 6.45) is 1.63. The van der Waals surface area contributed by atoms with Crippen LogP contribution in [0.3, 0.4) is 0 Å². The molecular formula is C24H29N5O4. The quantitative estimate of drug-likeness (QED) is 0.499. The van der Waals surface area contributed by atoms with Gasteiger partial charge in [0.25, 0.3) is 5.91 Å². The fraction of sp³-hybridized carbons (Fsp3) is 0.333. The Morgan fingerprint density at radius 1 is 1.15 bits per heavy atom. The third-order valence-electron chi connectivity index (χ3n) is 6.03. The second-order valence-electron chi connectivity index (χ2n) is 8.06. The highest BCUT2D eigenvalue weighted by Crippen LogP contribution is 2.33. The molecule has 9 nitrogen and oxygen atoms in total. The van der Waals surface area contributed by atoms with Gasteiger partial charge in [0.15, 0.2) is 0 Å². The van der Waals surface area contributed by atoms with Gasteiger partial charge in [-0.15, -0.1) is 0 Å². The van der Waals surface area contributed by atoms with Crippen LogP contribution in [-0.2, 0) is 16.1 Å². The number of nitrogens with one attached hydrogen (secondary N) is 2. The van der Waals surface area contributed by atoms with Gasteiger partial charge < -0.3 is 26.3 Å². The third-order valence-corrected chi connectivity index (χ3v) is 6.03. The molecule has 0 spiro atoms. The van der Waals surface area contributed by atoms with Crippen LogP contribution >= 0.6 is 0 Å². The lowest BCUT2D eigenvalue weighted by molar-refractivity contribution is -0.114. The number of para-hydroxylation sites is 1. The Morgan fingerprint density at radius 2 is 1.85 bits per heavy atom. The average Bonchev–Trinajstić information content (AvgIpc) is 3.20. The smallest absolute Gasteiger partial charge is 0.255 e. The molecule has 2 heterocycles. The number of amides is 2. The van der Waals surface area contributed by atoms with Gasteiger partial charge in [-0.25, -0.2) is 5.43 Å². The van der Waals surface area contributed by atoms with Gasteiger partial charge in [-0.1, -0.05) is 36.4 Å². The second kappa shape index (κ2) is 9.93. The maximum atomic E-state index is 12.5. The Hall–Kier alpha value is -3.56. The van der Waals surface area contributed by atoms with Gasteiger partial charge in [0.2, 0.25) is 5.91 Å². The lowest BCUT2D eigenvalue weighted by atomic mass is 9.98. The Bertz CT molecular complexity index is 1050. The van der Waals surface area contributed by atoms with E-state index in [1.807, 2.05) is 35.3 Å². The molecule has 4 rings (SSSR count). The first-order chi connectivity index (χ1) is 16.0. The minimum atomic E-state index is -0.548. The van der Waals surface area contributed by atoms with Crippen molar-refractivity contribution in [2.45, 2.75) is 31.5 Å². The number of benzene rings is 2. The third kappa shape index (κ3) is 4.79. The van der Waals surface area contributed by atoms with Gasteiger partial charge in [-0.2, -0.15) is 0 Å². The lowest BCUT2D eigenvalue weighted by Gasteiger charge is -2.33. The van der Waals surface area contributed by atoms with Crippen LogP contribution in [0.1, 0.15) is 40.4 Å². The molecule has 0 aliphatic carbocycles. The van der Waals surface area contributed by atoms with Crippen LogP contribution in [0.4, 0.5) is 0 Å². The maximum Gasteiger partial charge on any atom is 0.255 e. The summed E-state index contributed by atoms with van der Waals surface area (Å²) in [6, 6.07) is 14.4. The van der Waals surface area contributed by atoms with Crippen LogP contribution < -0.4 is 26.9 Å². The van der Waals surface area contributed by atoms with E-state index in [0.29, 0.717) is 42.5 Å². The number of primary amides is 1. The normalized spacial score (nSPS) is 18.9. The minimum absolute atomic E-state index is 0.141. The first-order valence-corrected chi connectivity index (χ1v) is 10.9. The molecule has 6 N–H and O–H groups in total. The van der Waals surface area contributed by atoms with Crippen LogP contribution in [0.25, 0.3) is 0 Å². The second-order valence-corrected chi connectivity index (χ2v) is 8.06. The van der Waals surface area contributed by atoms with Crippen molar-refractivity contribution in [3.8, 4) is 5.75 Å². The zero-order chi connectivity index (χ0) is 23.4. The monoisotopic (exact) mass is 451 g/mol. The average molecular weight is 452 g/mol. The molecule has 0 saturated carbocycles. The van der Waals surface area contributed by atoms with E-state index in [-0.39, 0.29) is 11.9 Å². The van der Waals surface area contributed by atoms with Crippen molar-refractivity contribution in [2.75, 3.05) is 20.3 Å². The topological polar surface area (TPSA) is 132 Å². The van der Waals surface area contributed by atoms with Crippen molar-refractivity contribution < 1.29 is 19.1 Å². The van der Waals surface area contributed by atoms with E-state index in [9.17, 15) is 9.59 Å². The summed E-state index contributed by atoms with van der Waals surface area (Å²) in [4.78, 5) is 24.7. The molecular weight excluding hydrogens is 422 g/mol. The molecule has 0 radical (unpaired) electrons. The Balaban J connectivity index is 1.45. The number of carbonyl (C=O) groups excluding carboxylic acids is 2. The number of hydrogen-bond donors (Lipinski definition) is 4. The number of nitrogens with zero attached hydrogens (tertiary/aromatic N) is 1. The first kappa shape index (κ1) is 22.6. The molecule has 1 fully saturated rings. The number of carbonyl (C=O) groups is 2. The first-order valence-electron chi connectivity index (χ1n) is 10.9. The van der Waals surface area contributed by atoms with Gasteiger partial charge in [0.1, 0.15) is 11.6 Å². The predicted octanol–water partition coefficient (Wildman–Crippen LogP) is 1.32. The van der Waals surface area contributed by atoms with Gasteiger partial charge in [-0.05, 0) is 36.1 Å². The van der Waals surface area contributed by atoms with Crippen molar-refractivity contribution in [3.05, 3.63) is 76.6 Å². The fourth-order valence-electron chi connectivity index (χ4n) is 4.24. The van der Waals surface area contributed by atoms with E-state index >= 15 is 0 Å². The number of hydrogen-bond acceptors (Lipinski definition) is 7. The Kier molecular flexibility index (Phi) is 6.81. The number of rotatable bonds is 7. The number of nitrogens with two attached hydrogens (primary N) is 2. The van der Waals surface area contributed by atoms with Crippen molar-refractivity contribution >= 4 is 11.8 Å². The van der Waals surface area contributed by atoms with E-state index in [2.05, 4.69) is 10.7 Å². The standard InChI is InChI=1S/C24H29N5O4/c1-32-19-5-3-2-4-18(19)24(31)27-14-15-6-8-16(9-7-15)21-20(23(26)30)22(25)29(28-21)17-10-12-33-13-11-17/h2-9,17,21,28H,10-14,25H2,1H3,(H2,26,30)(H,27,31). The van der Waals surface area contributed by atoms with E-state index in [1.165, 1.54) is 7.11 Å². The van der Waals surface area contributed by atoms with Crippen LogP contribution in [0, 0.1) is 0 Å². The van der Waals surface area contributed by atoms with Crippen molar-refractivity contribution in [1.82, 2.24) is 15.8 Å². The van der Waals surface area contributed by atoms with Crippen molar-refractivity contribution in [2.24, 2.45) is 11.5 Å². The van der Waals surface area contributed by atoms with Crippen LogP contribution in [0.2, 0.25) is 0 Å².